The number of hydrogen-bond acceptors (Lipinski definition) is 2. The van der Waals surface area contributed by atoms with Crippen molar-refractivity contribution in [2.45, 2.75) is 19.4 Å². The van der Waals surface area contributed by atoms with Gasteiger partial charge in [0.15, 0.2) is 0 Å². The Morgan fingerprint density at radius 2 is 2.05 bits per heavy atom. The number of ether oxygens (including phenoxy) is 1. The first-order valence-electron chi connectivity index (χ1n) is 7.49. The van der Waals surface area contributed by atoms with Crippen LogP contribution in [0.2, 0.25) is 0 Å². The summed E-state index contributed by atoms with van der Waals surface area (Å²) in [7, 11) is 2.13. The molecule has 2 nitrogen and oxygen atoms in total. The van der Waals surface area contributed by atoms with Crippen molar-refractivity contribution in [3.05, 3.63) is 60.2 Å². The van der Waals surface area contributed by atoms with Crippen molar-refractivity contribution in [3.8, 4) is 0 Å². The lowest BCUT2D eigenvalue weighted by Gasteiger charge is -2.27. The fourth-order valence-electron chi connectivity index (χ4n) is 2.43. The van der Waals surface area contributed by atoms with E-state index in [9.17, 15) is 0 Å². The Morgan fingerprint density at radius 1 is 1.25 bits per heavy atom. The van der Waals surface area contributed by atoms with Crippen LogP contribution >= 0.6 is 0 Å². The summed E-state index contributed by atoms with van der Waals surface area (Å²) in [5.74, 6) is 0.439. The highest BCUT2D eigenvalue weighted by Gasteiger charge is 2.21. The third-order valence-electron chi connectivity index (χ3n) is 3.84. The van der Waals surface area contributed by atoms with Crippen LogP contribution in [0.1, 0.15) is 25.0 Å². The molecule has 0 fully saturated rings. The number of allylic oxidation sites excluding steroid dienone is 3. The highest BCUT2D eigenvalue weighted by molar-refractivity contribution is 5.22. The van der Waals surface area contributed by atoms with Crippen molar-refractivity contribution in [2.24, 2.45) is 5.92 Å². The maximum atomic E-state index is 6.21. The summed E-state index contributed by atoms with van der Waals surface area (Å²) >= 11 is 0. The Balaban J connectivity index is 2.01. The van der Waals surface area contributed by atoms with Crippen molar-refractivity contribution in [1.29, 1.82) is 0 Å². The topological polar surface area (TPSA) is 12.5 Å². The van der Waals surface area contributed by atoms with Crippen molar-refractivity contribution in [3.63, 3.8) is 0 Å². The second kappa shape index (κ2) is 8.03. The van der Waals surface area contributed by atoms with E-state index in [1.165, 1.54) is 5.56 Å². The summed E-state index contributed by atoms with van der Waals surface area (Å²) in [4.78, 5) is 2.28. The highest BCUT2D eigenvalue weighted by Crippen LogP contribution is 2.31. The van der Waals surface area contributed by atoms with Gasteiger partial charge in [0.25, 0.3) is 0 Å². The summed E-state index contributed by atoms with van der Waals surface area (Å²) in [6.45, 7) is 4.98. The first kappa shape index (κ1) is 15.0. The average molecular weight is 271 g/mol. The van der Waals surface area contributed by atoms with E-state index < -0.39 is 0 Å². The monoisotopic (exact) mass is 271 g/mol. The van der Waals surface area contributed by atoms with E-state index in [4.69, 9.17) is 4.74 Å². The second-order valence-electron chi connectivity index (χ2n) is 5.31. The lowest BCUT2D eigenvalue weighted by atomic mass is 9.90. The maximum absolute atomic E-state index is 6.21. The molecule has 0 saturated heterocycles. The minimum Gasteiger partial charge on any atom is -0.372 e. The van der Waals surface area contributed by atoms with Crippen LogP contribution in [-0.4, -0.2) is 31.6 Å². The van der Waals surface area contributed by atoms with Gasteiger partial charge in [0.1, 0.15) is 0 Å². The molecule has 108 valence electrons. The molecular formula is C18H25NO. The highest BCUT2D eigenvalue weighted by atomic mass is 16.5. The Morgan fingerprint density at radius 3 is 2.70 bits per heavy atom. The summed E-state index contributed by atoms with van der Waals surface area (Å²) in [6, 6.07) is 10.6. The molecule has 1 aliphatic rings. The number of rotatable bonds is 7. The van der Waals surface area contributed by atoms with Crippen molar-refractivity contribution in [2.75, 3.05) is 26.7 Å². The zero-order valence-corrected chi connectivity index (χ0v) is 12.5. The van der Waals surface area contributed by atoms with E-state index in [0.29, 0.717) is 5.92 Å². The molecule has 1 aromatic carbocycles. The number of nitrogens with zero attached hydrogens (tertiary/aromatic N) is 1. The molecule has 0 radical (unpaired) electrons. The smallest absolute Gasteiger partial charge is 0.0891 e. The van der Waals surface area contributed by atoms with E-state index in [-0.39, 0.29) is 6.10 Å². The third kappa shape index (κ3) is 4.32. The van der Waals surface area contributed by atoms with Gasteiger partial charge >= 0.3 is 0 Å². The first-order chi connectivity index (χ1) is 9.81. The minimum atomic E-state index is 0.155. The van der Waals surface area contributed by atoms with E-state index in [1.807, 2.05) is 0 Å². The van der Waals surface area contributed by atoms with Gasteiger partial charge in [-0.25, -0.2) is 0 Å². The van der Waals surface area contributed by atoms with Crippen LogP contribution in [0.15, 0.2) is 54.6 Å². The number of likely N-dealkylation sites (N-methyl/N-ethyl adjacent to an activating group) is 1. The molecule has 1 aliphatic carbocycles. The van der Waals surface area contributed by atoms with Crippen molar-refractivity contribution < 1.29 is 4.74 Å². The Kier molecular flexibility index (Phi) is 6.03. The number of hydrogen-bond donors (Lipinski definition) is 0. The van der Waals surface area contributed by atoms with Gasteiger partial charge in [-0.2, -0.15) is 0 Å². The Hall–Kier alpha value is -1.38. The van der Waals surface area contributed by atoms with Crippen molar-refractivity contribution in [1.82, 2.24) is 4.90 Å². The summed E-state index contributed by atoms with van der Waals surface area (Å²) in [5.41, 5.74) is 1.27. The Labute approximate surface area is 122 Å². The predicted octanol–water partition coefficient (Wildman–Crippen LogP) is 3.83. The summed E-state index contributed by atoms with van der Waals surface area (Å²) in [5, 5.41) is 0. The van der Waals surface area contributed by atoms with Gasteiger partial charge < -0.3 is 9.64 Å². The second-order valence-corrected chi connectivity index (χ2v) is 5.31. The lowest BCUT2D eigenvalue weighted by Crippen LogP contribution is -2.25. The molecule has 0 heterocycles. The van der Waals surface area contributed by atoms with E-state index in [0.717, 1.165) is 26.1 Å². The molecule has 2 heteroatoms. The predicted molar refractivity (Wildman–Crippen MR) is 84.7 cm³/mol. The molecule has 2 atom stereocenters. The maximum Gasteiger partial charge on any atom is 0.0891 e. The molecular weight excluding hydrogens is 246 g/mol. The molecule has 0 N–H and O–H groups in total. The summed E-state index contributed by atoms with van der Waals surface area (Å²) in [6.07, 6.45) is 9.94. The molecule has 0 aliphatic heterocycles. The lowest BCUT2D eigenvalue weighted by molar-refractivity contribution is 0.0154. The van der Waals surface area contributed by atoms with E-state index in [2.05, 4.69) is 73.5 Å². The van der Waals surface area contributed by atoms with Gasteiger partial charge in [-0.05, 0) is 25.6 Å². The normalized spacial score (nSPS) is 19.4. The average Bonchev–Trinajstić information content (AvgIpc) is 2.53. The van der Waals surface area contributed by atoms with Crippen molar-refractivity contribution >= 4 is 0 Å². The quantitative estimate of drug-likeness (QED) is 0.747. The fourth-order valence-corrected chi connectivity index (χ4v) is 2.43. The third-order valence-corrected chi connectivity index (χ3v) is 3.84. The van der Waals surface area contributed by atoms with Crippen LogP contribution in [0.4, 0.5) is 0 Å². The van der Waals surface area contributed by atoms with Crippen LogP contribution < -0.4 is 0 Å². The molecule has 0 saturated carbocycles. The number of benzene rings is 1. The molecule has 20 heavy (non-hydrogen) atoms. The minimum absolute atomic E-state index is 0.155. The van der Waals surface area contributed by atoms with Gasteiger partial charge in [-0.15, -0.1) is 0 Å². The SMILES string of the molecule is CCN(C)CCO[C@H](c1ccccc1)C1C=CC=CC1. The molecule has 0 amide bonds. The van der Waals surface area contributed by atoms with Crippen LogP contribution in [0.3, 0.4) is 0 Å². The molecule has 1 aromatic rings. The van der Waals surface area contributed by atoms with Gasteiger partial charge in [0.2, 0.25) is 0 Å². The van der Waals surface area contributed by atoms with Gasteiger partial charge in [-0.3, -0.25) is 0 Å². The van der Waals surface area contributed by atoms with E-state index >= 15 is 0 Å². The van der Waals surface area contributed by atoms with E-state index in [1.54, 1.807) is 0 Å². The molecule has 0 bridgehead atoms. The van der Waals surface area contributed by atoms with Gasteiger partial charge in [0, 0.05) is 12.5 Å². The zero-order valence-electron chi connectivity index (χ0n) is 12.5. The first-order valence-corrected chi connectivity index (χ1v) is 7.49. The van der Waals surface area contributed by atoms with Crippen LogP contribution in [0, 0.1) is 5.92 Å². The van der Waals surface area contributed by atoms with Gasteiger partial charge in [-0.1, -0.05) is 61.6 Å². The fraction of sp³-hybridized carbons (Fsp3) is 0.444. The molecule has 0 aromatic heterocycles. The Bertz CT molecular complexity index is 438. The molecule has 2 rings (SSSR count). The van der Waals surface area contributed by atoms with Crippen LogP contribution in [0.5, 0.6) is 0 Å². The molecule has 0 spiro atoms. The standard InChI is InChI=1S/C18H25NO/c1-3-19(2)14-15-20-18(16-10-6-4-7-11-16)17-12-8-5-9-13-17/h4-12,17-18H,3,13-15H2,1-2H3/t17?,18-/m1/s1. The van der Waals surface area contributed by atoms with Crippen LogP contribution in [-0.2, 0) is 4.74 Å². The zero-order chi connectivity index (χ0) is 14.2. The largest absolute Gasteiger partial charge is 0.372 e. The van der Waals surface area contributed by atoms with Gasteiger partial charge in [0.05, 0.1) is 12.7 Å². The molecule has 1 unspecified atom stereocenters. The van der Waals surface area contributed by atoms with Crippen LogP contribution in [0.25, 0.3) is 0 Å². The summed E-state index contributed by atoms with van der Waals surface area (Å²) < 4.78 is 6.21.